The fourth-order valence-corrected chi connectivity index (χ4v) is 1.81. The van der Waals surface area contributed by atoms with Crippen LogP contribution in [0.5, 0.6) is 17.2 Å². The van der Waals surface area contributed by atoms with Gasteiger partial charge in [-0.3, -0.25) is 0 Å². The number of carbonyl (C=O) groups is 1. The van der Waals surface area contributed by atoms with Gasteiger partial charge in [-0.05, 0) is 0 Å². The number of nitrogens with two attached hydrogens (primary N) is 1. The molecule has 1 atom stereocenters. The SMILES string of the molecule is COC(=O)COCC(N)c1c(OC)cc(OC)cc1OC. The molecule has 1 rings (SSSR count). The number of hydrogen-bond acceptors (Lipinski definition) is 7. The number of hydrogen-bond donors (Lipinski definition) is 1. The summed E-state index contributed by atoms with van der Waals surface area (Å²) < 4.78 is 25.5. The molecule has 0 heterocycles. The van der Waals surface area contributed by atoms with Crippen LogP contribution >= 0.6 is 0 Å². The van der Waals surface area contributed by atoms with Crippen molar-refractivity contribution in [2.24, 2.45) is 5.73 Å². The summed E-state index contributed by atoms with van der Waals surface area (Å²) in [5.41, 5.74) is 6.73. The van der Waals surface area contributed by atoms with Crippen LogP contribution < -0.4 is 19.9 Å². The maximum atomic E-state index is 11.0. The molecule has 1 aromatic carbocycles. The Labute approximate surface area is 123 Å². The molecule has 1 aromatic rings. The third-order valence-corrected chi connectivity index (χ3v) is 2.87. The predicted octanol–water partition coefficient (Wildman–Crippen LogP) is 0.902. The highest BCUT2D eigenvalue weighted by Gasteiger charge is 2.20. The average molecular weight is 299 g/mol. The molecule has 0 aliphatic heterocycles. The largest absolute Gasteiger partial charge is 0.496 e. The van der Waals surface area contributed by atoms with Gasteiger partial charge in [-0.15, -0.1) is 0 Å². The Morgan fingerprint density at radius 1 is 1.10 bits per heavy atom. The zero-order valence-electron chi connectivity index (χ0n) is 12.7. The van der Waals surface area contributed by atoms with Crippen molar-refractivity contribution >= 4 is 5.97 Å². The quantitative estimate of drug-likeness (QED) is 0.713. The van der Waals surface area contributed by atoms with Crippen molar-refractivity contribution in [1.29, 1.82) is 0 Å². The Morgan fingerprint density at radius 2 is 1.67 bits per heavy atom. The molecule has 1 unspecified atom stereocenters. The van der Waals surface area contributed by atoms with E-state index in [2.05, 4.69) is 4.74 Å². The van der Waals surface area contributed by atoms with Gasteiger partial charge in [0.05, 0.1) is 46.7 Å². The van der Waals surface area contributed by atoms with Crippen LogP contribution in [-0.2, 0) is 14.3 Å². The van der Waals surface area contributed by atoms with Gasteiger partial charge in [0.15, 0.2) is 0 Å². The van der Waals surface area contributed by atoms with Crippen LogP contribution in [0.25, 0.3) is 0 Å². The van der Waals surface area contributed by atoms with E-state index in [4.69, 9.17) is 24.7 Å². The summed E-state index contributed by atoms with van der Waals surface area (Å²) in [4.78, 5) is 11.0. The molecule has 0 aromatic heterocycles. The second-order valence-electron chi connectivity index (χ2n) is 4.14. The summed E-state index contributed by atoms with van der Waals surface area (Å²) in [6, 6.07) is 2.89. The van der Waals surface area contributed by atoms with Crippen molar-refractivity contribution in [3.05, 3.63) is 17.7 Å². The first-order valence-electron chi connectivity index (χ1n) is 6.27. The van der Waals surface area contributed by atoms with Crippen molar-refractivity contribution in [2.75, 3.05) is 41.7 Å². The average Bonchev–Trinajstić information content (AvgIpc) is 2.52. The minimum Gasteiger partial charge on any atom is -0.496 e. The molecule has 0 aliphatic rings. The number of rotatable bonds is 8. The zero-order chi connectivity index (χ0) is 15.8. The smallest absolute Gasteiger partial charge is 0.331 e. The van der Waals surface area contributed by atoms with E-state index in [1.54, 1.807) is 19.2 Å². The van der Waals surface area contributed by atoms with Crippen LogP contribution in [0, 0.1) is 0 Å². The first-order chi connectivity index (χ1) is 10.1. The molecule has 7 nitrogen and oxygen atoms in total. The van der Waals surface area contributed by atoms with Gasteiger partial charge in [0.2, 0.25) is 0 Å². The number of carbonyl (C=O) groups excluding carboxylic acids is 1. The lowest BCUT2D eigenvalue weighted by molar-refractivity contribution is -0.146. The minimum atomic E-state index is -0.523. The molecule has 0 bridgehead atoms. The van der Waals surface area contributed by atoms with Gasteiger partial charge in [0.25, 0.3) is 0 Å². The number of methoxy groups -OCH3 is 4. The Balaban J connectivity index is 2.91. The van der Waals surface area contributed by atoms with E-state index in [-0.39, 0.29) is 13.2 Å². The standard InChI is InChI=1S/C14H21NO6/c1-17-9-5-11(18-2)14(12(6-9)19-3)10(15)7-21-8-13(16)20-4/h5-6,10H,7-8,15H2,1-4H3. The van der Waals surface area contributed by atoms with Crippen molar-refractivity contribution in [1.82, 2.24) is 0 Å². The molecule has 21 heavy (non-hydrogen) atoms. The molecule has 0 saturated carbocycles. The van der Waals surface area contributed by atoms with Crippen molar-refractivity contribution in [3.8, 4) is 17.2 Å². The maximum absolute atomic E-state index is 11.0. The highest BCUT2D eigenvalue weighted by molar-refractivity contribution is 5.70. The number of esters is 1. The lowest BCUT2D eigenvalue weighted by atomic mass is 10.1. The molecule has 118 valence electrons. The van der Waals surface area contributed by atoms with Crippen LogP contribution in [-0.4, -0.2) is 47.6 Å². The van der Waals surface area contributed by atoms with Gasteiger partial charge in [0, 0.05) is 12.1 Å². The third kappa shape index (κ3) is 4.51. The predicted molar refractivity (Wildman–Crippen MR) is 75.9 cm³/mol. The topological polar surface area (TPSA) is 89.2 Å². The van der Waals surface area contributed by atoms with E-state index in [9.17, 15) is 4.79 Å². The Bertz CT molecular complexity index is 452. The maximum Gasteiger partial charge on any atom is 0.331 e. The van der Waals surface area contributed by atoms with E-state index in [0.29, 0.717) is 22.8 Å². The van der Waals surface area contributed by atoms with E-state index >= 15 is 0 Å². The van der Waals surface area contributed by atoms with E-state index < -0.39 is 12.0 Å². The monoisotopic (exact) mass is 299 g/mol. The van der Waals surface area contributed by atoms with Crippen molar-refractivity contribution in [2.45, 2.75) is 6.04 Å². The van der Waals surface area contributed by atoms with E-state index in [0.717, 1.165) is 0 Å². The van der Waals surface area contributed by atoms with Gasteiger partial charge in [-0.25, -0.2) is 4.79 Å². The van der Waals surface area contributed by atoms with Gasteiger partial charge >= 0.3 is 5.97 Å². The molecule has 2 N–H and O–H groups in total. The van der Waals surface area contributed by atoms with Crippen molar-refractivity contribution < 1.29 is 28.5 Å². The third-order valence-electron chi connectivity index (χ3n) is 2.87. The van der Waals surface area contributed by atoms with E-state index in [1.165, 1.54) is 21.3 Å². The Kier molecular flexibility index (Phi) is 6.77. The molecule has 0 fully saturated rings. The summed E-state index contributed by atoms with van der Waals surface area (Å²) in [6.07, 6.45) is 0. The molecule has 0 aliphatic carbocycles. The molecule has 7 heteroatoms. The van der Waals surface area contributed by atoms with Gasteiger partial charge in [-0.2, -0.15) is 0 Å². The van der Waals surface area contributed by atoms with Gasteiger partial charge in [0.1, 0.15) is 23.9 Å². The van der Waals surface area contributed by atoms with Crippen LogP contribution in [0.1, 0.15) is 11.6 Å². The van der Waals surface area contributed by atoms with Gasteiger partial charge < -0.3 is 29.4 Å². The summed E-state index contributed by atoms with van der Waals surface area (Å²) in [7, 11) is 5.90. The lowest BCUT2D eigenvalue weighted by Crippen LogP contribution is -2.21. The molecule has 0 saturated heterocycles. The molecule has 0 radical (unpaired) electrons. The second-order valence-corrected chi connectivity index (χ2v) is 4.14. The minimum absolute atomic E-state index is 0.119. The number of ether oxygens (including phenoxy) is 5. The highest BCUT2D eigenvalue weighted by atomic mass is 16.6. The lowest BCUT2D eigenvalue weighted by Gasteiger charge is -2.19. The zero-order valence-corrected chi connectivity index (χ0v) is 12.7. The molecular weight excluding hydrogens is 278 g/mol. The van der Waals surface area contributed by atoms with Crippen LogP contribution in [0.4, 0.5) is 0 Å². The normalized spacial score (nSPS) is 11.7. The Morgan fingerprint density at radius 3 is 2.10 bits per heavy atom. The van der Waals surface area contributed by atoms with E-state index in [1.807, 2.05) is 0 Å². The fourth-order valence-electron chi connectivity index (χ4n) is 1.81. The Hall–Kier alpha value is -1.99. The number of benzene rings is 1. The summed E-state index contributed by atoms with van der Waals surface area (Å²) in [6.45, 7) is -0.0425. The molecule has 0 spiro atoms. The van der Waals surface area contributed by atoms with Crippen LogP contribution in [0.3, 0.4) is 0 Å². The van der Waals surface area contributed by atoms with Crippen molar-refractivity contribution in [3.63, 3.8) is 0 Å². The second kappa shape index (κ2) is 8.33. The highest BCUT2D eigenvalue weighted by Crippen LogP contribution is 2.37. The molecular formula is C14H21NO6. The van der Waals surface area contributed by atoms with Gasteiger partial charge in [-0.1, -0.05) is 0 Å². The summed E-state index contributed by atoms with van der Waals surface area (Å²) in [5.74, 6) is 1.19. The molecule has 0 amide bonds. The first kappa shape index (κ1) is 17.1. The van der Waals surface area contributed by atoms with Crippen LogP contribution in [0.2, 0.25) is 0 Å². The van der Waals surface area contributed by atoms with Crippen LogP contribution in [0.15, 0.2) is 12.1 Å². The summed E-state index contributed by atoms with van der Waals surface area (Å²) in [5, 5.41) is 0. The summed E-state index contributed by atoms with van der Waals surface area (Å²) >= 11 is 0. The fraction of sp³-hybridized carbons (Fsp3) is 0.500. The first-order valence-corrected chi connectivity index (χ1v) is 6.27.